The van der Waals surface area contributed by atoms with Crippen molar-refractivity contribution in [1.82, 2.24) is 9.97 Å². The van der Waals surface area contributed by atoms with Crippen molar-refractivity contribution in [3.63, 3.8) is 0 Å². The summed E-state index contributed by atoms with van der Waals surface area (Å²) in [6, 6.07) is 21.3. The maximum atomic E-state index is 12.6. The molecule has 0 aliphatic heterocycles. The van der Waals surface area contributed by atoms with Gasteiger partial charge >= 0.3 is 5.97 Å². The average Bonchev–Trinajstić information content (AvgIpc) is 2.79. The predicted molar refractivity (Wildman–Crippen MR) is 122 cm³/mol. The first-order valence-electron chi connectivity index (χ1n) is 10.1. The van der Waals surface area contributed by atoms with E-state index in [2.05, 4.69) is 15.3 Å². The van der Waals surface area contributed by atoms with Crippen molar-refractivity contribution in [3.05, 3.63) is 106 Å². The number of ether oxygens (including phenoxy) is 1. The Morgan fingerprint density at radius 2 is 1.69 bits per heavy atom. The Hall–Kier alpha value is -4.26. The van der Waals surface area contributed by atoms with Gasteiger partial charge in [-0.25, -0.2) is 9.78 Å². The summed E-state index contributed by atoms with van der Waals surface area (Å²) in [5.41, 5.74) is 3.00. The van der Waals surface area contributed by atoms with Gasteiger partial charge < -0.3 is 15.0 Å². The Morgan fingerprint density at radius 1 is 0.969 bits per heavy atom. The first-order valence-corrected chi connectivity index (χ1v) is 10.1. The number of aromatic nitrogens is 2. The molecule has 160 valence electrons. The Kier molecular flexibility index (Phi) is 6.07. The van der Waals surface area contributed by atoms with E-state index in [1.165, 1.54) is 0 Å². The molecule has 0 unspecified atom stereocenters. The molecule has 4 rings (SSSR count). The number of aromatic amines is 1. The third-order valence-corrected chi connectivity index (χ3v) is 4.93. The monoisotopic (exact) mass is 427 g/mol. The van der Waals surface area contributed by atoms with E-state index < -0.39 is 18.5 Å². The molecule has 0 fully saturated rings. The van der Waals surface area contributed by atoms with Gasteiger partial charge in [0, 0.05) is 12.1 Å². The van der Waals surface area contributed by atoms with Crippen LogP contribution >= 0.6 is 0 Å². The maximum Gasteiger partial charge on any atom is 0.338 e. The molecule has 0 bridgehead atoms. The number of fused-ring (bicyclic) bond motifs is 1. The minimum Gasteiger partial charge on any atom is -0.452 e. The van der Waals surface area contributed by atoms with Crippen LogP contribution in [0, 0.1) is 6.92 Å². The molecule has 4 aromatic rings. The Morgan fingerprint density at radius 3 is 2.50 bits per heavy atom. The molecular weight excluding hydrogens is 406 g/mol. The number of carbonyl (C=O) groups is 2. The van der Waals surface area contributed by atoms with Crippen molar-refractivity contribution in [1.29, 1.82) is 0 Å². The summed E-state index contributed by atoms with van der Waals surface area (Å²) >= 11 is 0. The van der Waals surface area contributed by atoms with Gasteiger partial charge in [-0.3, -0.25) is 9.59 Å². The van der Waals surface area contributed by atoms with Crippen LogP contribution in [0.15, 0.2) is 77.6 Å². The standard InChI is InChI=1S/C25H21N3O4/c1-16-10-12-18(13-11-16)26-23(29)15-32-25(31)19-7-3-2-6-17(19)14-22-27-21-9-5-4-8-20(21)24(30)28-22/h2-13H,14-15H2,1H3,(H,26,29)(H,27,28,30). The molecule has 3 aromatic carbocycles. The molecule has 7 nitrogen and oxygen atoms in total. The summed E-state index contributed by atoms with van der Waals surface area (Å²) in [5.74, 6) is -0.617. The minimum absolute atomic E-state index is 0.237. The first-order chi connectivity index (χ1) is 15.5. The van der Waals surface area contributed by atoms with E-state index in [0.717, 1.165) is 5.56 Å². The van der Waals surface area contributed by atoms with Crippen LogP contribution in [0.2, 0.25) is 0 Å². The normalized spacial score (nSPS) is 10.7. The Labute approximate surface area is 184 Å². The molecule has 1 aromatic heterocycles. The number of amides is 1. The number of benzene rings is 3. The van der Waals surface area contributed by atoms with Gasteiger partial charge in [-0.1, -0.05) is 48.0 Å². The summed E-state index contributed by atoms with van der Waals surface area (Å²) in [7, 11) is 0. The molecule has 1 amide bonds. The third-order valence-electron chi connectivity index (χ3n) is 4.93. The van der Waals surface area contributed by atoms with Crippen molar-refractivity contribution >= 4 is 28.5 Å². The highest BCUT2D eigenvalue weighted by Gasteiger charge is 2.16. The smallest absolute Gasteiger partial charge is 0.338 e. The number of rotatable bonds is 6. The van der Waals surface area contributed by atoms with Gasteiger partial charge in [-0.15, -0.1) is 0 Å². The summed E-state index contributed by atoms with van der Waals surface area (Å²) in [6.45, 7) is 1.54. The second-order valence-electron chi connectivity index (χ2n) is 7.35. The molecule has 2 N–H and O–H groups in total. The minimum atomic E-state index is -0.622. The summed E-state index contributed by atoms with van der Waals surface area (Å²) in [4.78, 5) is 44.3. The lowest BCUT2D eigenvalue weighted by atomic mass is 10.0. The summed E-state index contributed by atoms with van der Waals surface area (Å²) < 4.78 is 5.21. The predicted octanol–water partition coefficient (Wildman–Crippen LogP) is 3.62. The lowest BCUT2D eigenvalue weighted by Crippen LogP contribution is -2.21. The van der Waals surface area contributed by atoms with Crippen molar-refractivity contribution in [2.24, 2.45) is 0 Å². The topological polar surface area (TPSA) is 101 Å². The highest BCUT2D eigenvalue weighted by Crippen LogP contribution is 2.15. The third kappa shape index (κ3) is 4.89. The van der Waals surface area contributed by atoms with Crippen LogP contribution in [0.4, 0.5) is 5.69 Å². The van der Waals surface area contributed by atoms with Crippen LogP contribution in [-0.4, -0.2) is 28.5 Å². The van der Waals surface area contributed by atoms with Crippen LogP contribution in [0.1, 0.15) is 27.3 Å². The van der Waals surface area contributed by atoms with Crippen LogP contribution in [0.25, 0.3) is 10.9 Å². The molecule has 1 heterocycles. The highest BCUT2D eigenvalue weighted by atomic mass is 16.5. The molecule has 0 atom stereocenters. The van der Waals surface area contributed by atoms with Gasteiger partial charge in [-0.05, 0) is 42.8 Å². The number of esters is 1. The van der Waals surface area contributed by atoms with E-state index in [1.54, 1.807) is 54.6 Å². The SMILES string of the molecule is Cc1ccc(NC(=O)COC(=O)c2ccccc2Cc2nc3ccccc3c(=O)[nH]2)cc1. The number of anilines is 1. The zero-order valence-electron chi connectivity index (χ0n) is 17.4. The molecular formula is C25H21N3O4. The molecule has 0 aliphatic carbocycles. The average molecular weight is 427 g/mol. The summed E-state index contributed by atoms with van der Waals surface area (Å²) in [6.07, 6.45) is 0.237. The van der Waals surface area contributed by atoms with E-state index in [0.29, 0.717) is 33.5 Å². The molecule has 0 radical (unpaired) electrons. The fourth-order valence-electron chi connectivity index (χ4n) is 3.32. The van der Waals surface area contributed by atoms with Crippen molar-refractivity contribution < 1.29 is 14.3 Å². The number of carbonyl (C=O) groups excluding carboxylic acids is 2. The van der Waals surface area contributed by atoms with E-state index in [4.69, 9.17) is 4.74 Å². The first kappa shape index (κ1) is 21.0. The van der Waals surface area contributed by atoms with Crippen LogP contribution < -0.4 is 10.9 Å². The number of para-hydroxylation sites is 1. The van der Waals surface area contributed by atoms with E-state index >= 15 is 0 Å². The van der Waals surface area contributed by atoms with Crippen LogP contribution in [0.3, 0.4) is 0 Å². The van der Waals surface area contributed by atoms with Gasteiger partial charge in [0.25, 0.3) is 11.5 Å². The molecule has 0 saturated heterocycles. The second-order valence-corrected chi connectivity index (χ2v) is 7.35. The number of nitrogens with zero attached hydrogens (tertiary/aromatic N) is 1. The fraction of sp³-hybridized carbons (Fsp3) is 0.120. The van der Waals surface area contributed by atoms with Crippen molar-refractivity contribution in [2.75, 3.05) is 11.9 Å². The fourth-order valence-corrected chi connectivity index (χ4v) is 3.32. The van der Waals surface area contributed by atoms with Crippen molar-refractivity contribution in [3.8, 4) is 0 Å². The van der Waals surface area contributed by atoms with E-state index in [1.807, 2.05) is 25.1 Å². The molecule has 32 heavy (non-hydrogen) atoms. The van der Waals surface area contributed by atoms with Gasteiger partial charge in [0.05, 0.1) is 16.5 Å². The summed E-state index contributed by atoms with van der Waals surface area (Å²) in [5, 5.41) is 3.19. The number of nitrogens with one attached hydrogen (secondary N) is 2. The molecule has 0 saturated carbocycles. The number of hydrogen-bond donors (Lipinski definition) is 2. The van der Waals surface area contributed by atoms with Crippen LogP contribution in [0.5, 0.6) is 0 Å². The zero-order valence-corrected chi connectivity index (χ0v) is 17.4. The maximum absolute atomic E-state index is 12.6. The van der Waals surface area contributed by atoms with Gasteiger partial charge in [0.1, 0.15) is 5.82 Å². The number of H-pyrrole nitrogens is 1. The van der Waals surface area contributed by atoms with Gasteiger partial charge in [-0.2, -0.15) is 0 Å². The van der Waals surface area contributed by atoms with E-state index in [-0.39, 0.29) is 12.0 Å². The van der Waals surface area contributed by atoms with Gasteiger partial charge in [0.15, 0.2) is 6.61 Å². The van der Waals surface area contributed by atoms with Crippen molar-refractivity contribution in [2.45, 2.75) is 13.3 Å². The molecule has 0 aliphatic rings. The van der Waals surface area contributed by atoms with Crippen LogP contribution in [-0.2, 0) is 16.0 Å². The quantitative estimate of drug-likeness (QED) is 0.458. The molecule has 7 heteroatoms. The second kappa shape index (κ2) is 9.26. The lowest BCUT2D eigenvalue weighted by Gasteiger charge is -2.10. The number of aryl methyl sites for hydroxylation is 1. The Bertz CT molecular complexity index is 1340. The Balaban J connectivity index is 1.46. The largest absolute Gasteiger partial charge is 0.452 e. The number of hydrogen-bond acceptors (Lipinski definition) is 5. The lowest BCUT2D eigenvalue weighted by molar-refractivity contribution is -0.119. The zero-order chi connectivity index (χ0) is 22.5. The molecule has 0 spiro atoms. The highest BCUT2D eigenvalue weighted by molar-refractivity contribution is 5.96. The van der Waals surface area contributed by atoms with Gasteiger partial charge in [0.2, 0.25) is 0 Å². The van der Waals surface area contributed by atoms with E-state index in [9.17, 15) is 14.4 Å².